The second-order valence-corrected chi connectivity index (χ2v) is 6.28. The fourth-order valence-corrected chi connectivity index (χ4v) is 3.95. The van der Waals surface area contributed by atoms with Gasteiger partial charge in [0.15, 0.2) is 0 Å². The van der Waals surface area contributed by atoms with E-state index in [-0.39, 0.29) is 0 Å². The molecule has 2 aliphatic carbocycles. The number of ether oxygens (including phenoxy) is 1. The van der Waals surface area contributed by atoms with E-state index in [4.69, 9.17) is 16.3 Å². The predicted molar refractivity (Wildman–Crippen MR) is 78.9 cm³/mol. The first-order chi connectivity index (χ1) is 9.24. The van der Waals surface area contributed by atoms with Crippen LogP contribution in [0, 0.1) is 5.41 Å². The Morgan fingerprint density at radius 3 is 2.58 bits per heavy atom. The molecule has 2 aliphatic rings. The number of nitrogens with one attached hydrogen (secondary N) is 1. The maximum Gasteiger partial charge on any atom is 0.119 e. The third kappa shape index (κ3) is 2.36. The summed E-state index contributed by atoms with van der Waals surface area (Å²) in [6.07, 6.45) is 6.83. The average molecular weight is 280 g/mol. The molecule has 0 saturated heterocycles. The van der Waals surface area contributed by atoms with Crippen molar-refractivity contribution in [2.45, 2.75) is 51.2 Å². The molecule has 0 aliphatic heterocycles. The van der Waals surface area contributed by atoms with Gasteiger partial charge in [0, 0.05) is 22.9 Å². The van der Waals surface area contributed by atoms with Crippen molar-refractivity contribution in [2.75, 3.05) is 6.54 Å². The van der Waals surface area contributed by atoms with Crippen LogP contribution in [0.3, 0.4) is 0 Å². The SMILES string of the molecule is CCNC1CC(Oc2ccc(Cl)cc2)C12CCCC2. The summed E-state index contributed by atoms with van der Waals surface area (Å²) in [5.41, 5.74) is 0.385. The van der Waals surface area contributed by atoms with Crippen LogP contribution in [-0.2, 0) is 0 Å². The van der Waals surface area contributed by atoms with Gasteiger partial charge in [0.05, 0.1) is 0 Å². The smallest absolute Gasteiger partial charge is 0.119 e. The van der Waals surface area contributed by atoms with E-state index < -0.39 is 0 Å². The molecule has 2 unspecified atom stereocenters. The summed E-state index contributed by atoms with van der Waals surface area (Å²) >= 11 is 5.92. The molecule has 0 aromatic heterocycles. The van der Waals surface area contributed by atoms with Crippen LogP contribution in [0.4, 0.5) is 0 Å². The van der Waals surface area contributed by atoms with E-state index >= 15 is 0 Å². The maximum absolute atomic E-state index is 6.22. The molecule has 0 radical (unpaired) electrons. The van der Waals surface area contributed by atoms with Crippen molar-refractivity contribution < 1.29 is 4.74 Å². The zero-order chi connectivity index (χ0) is 13.3. The Morgan fingerprint density at radius 1 is 1.26 bits per heavy atom. The second-order valence-electron chi connectivity index (χ2n) is 5.85. The summed E-state index contributed by atoms with van der Waals surface area (Å²) in [7, 11) is 0. The van der Waals surface area contributed by atoms with E-state index in [0.717, 1.165) is 23.7 Å². The van der Waals surface area contributed by atoms with E-state index in [2.05, 4.69) is 12.2 Å². The molecule has 2 saturated carbocycles. The van der Waals surface area contributed by atoms with Crippen LogP contribution in [0.25, 0.3) is 0 Å². The first kappa shape index (κ1) is 13.3. The fraction of sp³-hybridized carbons (Fsp3) is 0.625. The van der Waals surface area contributed by atoms with Crippen LogP contribution in [0.1, 0.15) is 39.0 Å². The Labute approximate surface area is 120 Å². The van der Waals surface area contributed by atoms with Crippen LogP contribution in [0.5, 0.6) is 5.75 Å². The molecule has 2 atom stereocenters. The Bertz CT molecular complexity index is 425. The summed E-state index contributed by atoms with van der Waals surface area (Å²) in [5.74, 6) is 0.954. The van der Waals surface area contributed by atoms with Gasteiger partial charge in [-0.3, -0.25) is 0 Å². The fourth-order valence-electron chi connectivity index (χ4n) is 3.83. The van der Waals surface area contributed by atoms with Crippen LogP contribution in [0.2, 0.25) is 5.02 Å². The topological polar surface area (TPSA) is 21.3 Å². The molecule has 19 heavy (non-hydrogen) atoms. The minimum atomic E-state index is 0.375. The van der Waals surface area contributed by atoms with Crippen LogP contribution >= 0.6 is 11.6 Å². The largest absolute Gasteiger partial charge is 0.490 e. The molecular weight excluding hydrogens is 258 g/mol. The number of benzene rings is 1. The monoisotopic (exact) mass is 279 g/mol. The molecule has 0 bridgehead atoms. The highest BCUT2D eigenvalue weighted by Crippen LogP contribution is 2.54. The second kappa shape index (κ2) is 5.34. The van der Waals surface area contributed by atoms with Gasteiger partial charge in [0.1, 0.15) is 11.9 Å². The van der Waals surface area contributed by atoms with Crippen LogP contribution in [0.15, 0.2) is 24.3 Å². The van der Waals surface area contributed by atoms with Gasteiger partial charge >= 0.3 is 0 Å². The number of hydrogen-bond acceptors (Lipinski definition) is 2. The van der Waals surface area contributed by atoms with E-state index in [1.54, 1.807) is 0 Å². The molecular formula is C16H22ClNO. The molecule has 2 nitrogen and oxygen atoms in total. The van der Waals surface area contributed by atoms with Gasteiger partial charge in [0.25, 0.3) is 0 Å². The summed E-state index contributed by atoms with van der Waals surface area (Å²) in [5, 5.41) is 4.40. The Hall–Kier alpha value is -0.730. The summed E-state index contributed by atoms with van der Waals surface area (Å²) < 4.78 is 6.22. The molecule has 1 aromatic carbocycles. The molecule has 1 spiro atoms. The minimum Gasteiger partial charge on any atom is -0.490 e. The van der Waals surface area contributed by atoms with E-state index in [1.807, 2.05) is 24.3 Å². The lowest BCUT2D eigenvalue weighted by Gasteiger charge is -2.54. The number of rotatable bonds is 4. The van der Waals surface area contributed by atoms with Crippen molar-refractivity contribution in [1.29, 1.82) is 0 Å². The quantitative estimate of drug-likeness (QED) is 0.898. The lowest BCUT2D eigenvalue weighted by molar-refractivity contribution is -0.0755. The lowest BCUT2D eigenvalue weighted by Crippen LogP contribution is -2.63. The van der Waals surface area contributed by atoms with Gasteiger partial charge in [-0.1, -0.05) is 31.4 Å². The third-order valence-corrected chi connectivity index (χ3v) is 5.11. The highest BCUT2D eigenvalue weighted by Gasteiger charge is 2.57. The van der Waals surface area contributed by atoms with Crippen molar-refractivity contribution in [2.24, 2.45) is 5.41 Å². The molecule has 1 aromatic rings. The minimum absolute atomic E-state index is 0.375. The van der Waals surface area contributed by atoms with E-state index in [0.29, 0.717) is 17.6 Å². The maximum atomic E-state index is 6.22. The van der Waals surface area contributed by atoms with Crippen molar-refractivity contribution in [3.63, 3.8) is 0 Å². The number of halogens is 1. The normalized spacial score (nSPS) is 28.3. The van der Waals surface area contributed by atoms with Gasteiger partial charge in [0.2, 0.25) is 0 Å². The van der Waals surface area contributed by atoms with Gasteiger partial charge < -0.3 is 10.1 Å². The third-order valence-electron chi connectivity index (χ3n) is 4.86. The van der Waals surface area contributed by atoms with Crippen molar-refractivity contribution in [1.82, 2.24) is 5.32 Å². The molecule has 0 heterocycles. The predicted octanol–water partition coefficient (Wildman–Crippen LogP) is 4.03. The first-order valence-corrected chi connectivity index (χ1v) is 7.78. The highest BCUT2D eigenvalue weighted by molar-refractivity contribution is 6.30. The zero-order valence-electron chi connectivity index (χ0n) is 11.5. The van der Waals surface area contributed by atoms with Crippen LogP contribution in [-0.4, -0.2) is 18.7 Å². The Kier molecular flexibility index (Phi) is 3.72. The Balaban J connectivity index is 1.70. The molecule has 3 heteroatoms. The number of hydrogen-bond donors (Lipinski definition) is 1. The molecule has 1 N–H and O–H groups in total. The van der Waals surface area contributed by atoms with Gasteiger partial charge in [-0.25, -0.2) is 0 Å². The van der Waals surface area contributed by atoms with Crippen molar-refractivity contribution in [3.8, 4) is 5.75 Å². The van der Waals surface area contributed by atoms with Crippen LogP contribution < -0.4 is 10.1 Å². The first-order valence-electron chi connectivity index (χ1n) is 7.40. The Morgan fingerprint density at radius 2 is 1.95 bits per heavy atom. The van der Waals surface area contributed by atoms with E-state index in [9.17, 15) is 0 Å². The summed E-state index contributed by atoms with van der Waals surface area (Å²) in [4.78, 5) is 0. The van der Waals surface area contributed by atoms with Gasteiger partial charge in [-0.05, 0) is 43.7 Å². The zero-order valence-corrected chi connectivity index (χ0v) is 12.2. The summed E-state index contributed by atoms with van der Waals surface area (Å²) in [6.45, 7) is 3.25. The average Bonchev–Trinajstić information content (AvgIpc) is 2.92. The molecule has 0 amide bonds. The molecule has 104 valence electrons. The molecule has 2 fully saturated rings. The van der Waals surface area contributed by atoms with E-state index in [1.165, 1.54) is 25.7 Å². The summed E-state index contributed by atoms with van der Waals surface area (Å²) in [6, 6.07) is 8.41. The van der Waals surface area contributed by atoms with Crippen molar-refractivity contribution in [3.05, 3.63) is 29.3 Å². The van der Waals surface area contributed by atoms with Gasteiger partial charge in [-0.2, -0.15) is 0 Å². The van der Waals surface area contributed by atoms with Crippen molar-refractivity contribution >= 4 is 11.6 Å². The van der Waals surface area contributed by atoms with Gasteiger partial charge in [-0.15, -0.1) is 0 Å². The highest BCUT2D eigenvalue weighted by atomic mass is 35.5. The molecule has 3 rings (SSSR count). The lowest BCUT2D eigenvalue weighted by atomic mass is 9.60. The standard InChI is InChI=1S/C16H22ClNO/c1-2-18-14-11-15(16(14)9-3-4-10-16)19-13-7-5-12(17)6-8-13/h5-8,14-15,18H,2-4,9-11H2,1H3.